The second-order valence-corrected chi connectivity index (χ2v) is 7.01. The normalized spacial score (nSPS) is 10.7. The van der Waals surface area contributed by atoms with E-state index in [1.54, 1.807) is 19.1 Å². The Bertz CT molecular complexity index is 1350. The van der Waals surface area contributed by atoms with Crippen LogP contribution in [0.1, 0.15) is 28.5 Å². The van der Waals surface area contributed by atoms with E-state index in [2.05, 4.69) is 15.6 Å². The van der Waals surface area contributed by atoms with Gasteiger partial charge in [-0.2, -0.15) is 0 Å². The molecule has 0 unspecified atom stereocenters. The van der Waals surface area contributed by atoms with E-state index < -0.39 is 17.7 Å². The lowest BCUT2D eigenvalue weighted by molar-refractivity contribution is 0.0466. The molecule has 4 rings (SSSR count). The smallest absolute Gasteiger partial charge is 0.411 e. The molecule has 0 bridgehead atoms. The number of hydrogen-bond acceptors (Lipinski definition) is 8. The van der Waals surface area contributed by atoms with E-state index in [-0.39, 0.29) is 24.5 Å². The predicted octanol–water partition coefficient (Wildman–Crippen LogP) is 3.36. The fraction of sp³-hybridized carbons (Fsp3) is 0.174. The number of hydrogen-bond donors (Lipinski definition) is 1. The molecule has 10 heteroatoms. The summed E-state index contributed by atoms with van der Waals surface area (Å²) in [6.45, 7) is 2.21. The van der Waals surface area contributed by atoms with Gasteiger partial charge in [0.25, 0.3) is 0 Å². The van der Waals surface area contributed by atoms with Crippen molar-refractivity contribution in [1.29, 1.82) is 0 Å². The van der Waals surface area contributed by atoms with Gasteiger partial charge >= 0.3 is 17.7 Å². The van der Waals surface area contributed by atoms with E-state index in [1.807, 2.05) is 30.3 Å². The fourth-order valence-electron chi connectivity index (χ4n) is 3.17. The second-order valence-electron chi connectivity index (χ2n) is 7.01. The zero-order valence-corrected chi connectivity index (χ0v) is 17.7. The van der Waals surface area contributed by atoms with Crippen molar-refractivity contribution in [3.63, 3.8) is 0 Å². The van der Waals surface area contributed by atoms with E-state index in [0.717, 1.165) is 5.56 Å². The van der Waals surface area contributed by atoms with Crippen LogP contribution in [0.25, 0.3) is 11.0 Å². The highest BCUT2D eigenvalue weighted by Gasteiger charge is 2.15. The number of rotatable bonds is 7. The van der Waals surface area contributed by atoms with Crippen LogP contribution in [0.2, 0.25) is 0 Å². The first-order chi connectivity index (χ1) is 16.0. The number of nitrogens with one attached hydrogen (secondary N) is 1. The average molecular weight is 448 g/mol. The minimum atomic E-state index is -0.670. The summed E-state index contributed by atoms with van der Waals surface area (Å²) >= 11 is 0. The molecule has 0 aliphatic heterocycles. The first-order valence-electron chi connectivity index (χ1n) is 10.1. The topological polar surface area (TPSA) is 126 Å². The van der Waals surface area contributed by atoms with Gasteiger partial charge in [-0.25, -0.2) is 19.1 Å². The van der Waals surface area contributed by atoms with Crippen molar-refractivity contribution in [3.8, 4) is 0 Å². The number of ether oxygens (including phenoxy) is 2. The summed E-state index contributed by atoms with van der Waals surface area (Å²) in [6.07, 6.45) is 0.879. The van der Waals surface area contributed by atoms with Crippen molar-refractivity contribution in [3.05, 3.63) is 88.0 Å². The quantitative estimate of drug-likeness (QED) is 0.337. The summed E-state index contributed by atoms with van der Waals surface area (Å²) in [4.78, 5) is 36.0. The molecular formula is C23H20N4O6. The number of anilines is 1. The van der Waals surface area contributed by atoms with Crippen LogP contribution in [0.3, 0.4) is 0 Å². The van der Waals surface area contributed by atoms with Crippen molar-refractivity contribution < 1.29 is 23.5 Å². The summed E-state index contributed by atoms with van der Waals surface area (Å²) in [5, 5.41) is 10.9. The van der Waals surface area contributed by atoms with Gasteiger partial charge in [-0.05, 0) is 24.6 Å². The minimum Gasteiger partial charge on any atom is -0.456 e. The van der Waals surface area contributed by atoms with Crippen LogP contribution >= 0.6 is 0 Å². The number of carbonyl (C=O) groups is 2. The monoisotopic (exact) mass is 448 g/mol. The van der Waals surface area contributed by atoms with E-state index in [0.29, 0.717) is 23.2 Å². The van der Waals surface area contributed by atoms with Gasteiger partial charge in [-0.1, -0.05) is 35.5 Å². The fourth-order valence-corrected chi connectivity index (χ4v) is 3.17. The molecule has 0 atom stereocenters. The molecular weight excluding hydrogens is 428 g/mol. The van der Waals surface area contributed by atoms with Crippen molar-refractivity contribution in [2.75, 3.05) is 11.9 Å². The molecule has 2 aromatic carbocycles. The van der Waals surface area contributed by atoms with Crippen molar-refractivity contribution in [2.24, 2.45) is 0 Å². The van der Waals surface area contributed by atoms with E-state index >= 15 is 0 Å². The van der Waals surface area contributed by atoms with Crippen molar-refractivity contribution in [2.45, 2.75) is 20.1 Å². The third-order valence-corrected chi connectivity index (χ3v) is 4.65. The third-order valence-electron chi connectivity index (χ3n) is 4.65. The summed E-state index contributed by atoms with van der Waals surface area (Å²) in [5.74, 6) is -0.670. The molecule has 10 nitrogen and oxygen atoms in total. The Morgan fingerprint density at radius 2 is 1.91 bits per heavy atom. The number of esters is 1. The standard InChI is InChI=1S/C23H20N4O6/c1-2-31-23(30)24-17-8-9-18-16(10-21(28)33-20(18)11-17)14-32-22(29)19-13-27(26-25-19)12-15-6-4-3-5-7-15/h3-11,13H,2,12,14H2,1H3,(H,24,30). The lowest BCUT2D eigenvalue weighted by Crippen LogP contribution is -2.13. The Hall–Kier alpha value is -4.47. The maximum Gasteiger partial charge on any atom is 0.411 e. The first kappa shape index (κ1) is 21.8. The van der Waals surface area contributed by atoms with Gasteiger partial charge in [0.1, 0.15) is 12.2 Å². The highest BCUT2D eigenvalue weighted by atomic mass is 16.5. The first-order valence-corrected chi connectivity index (χ1v) is 10.1. The molecule has 33 heavy (non-hydrogen) atoms. The molecule has 0 spiro atoms. The van der Waals surface area contributed by atoms with Gasteiger partial charge in [-0.15, -0.1) is 5.10 Å². The van der Waals surface area contributed by atoms with Crippen molar-refractivity contribution in [1.82, 2.24) is 15.0 Å². The molecule has 0 fully saturated rings. The van der Waals surface area contributed by atoms with Gasteiger partial charge in [-0.3, -0.25) is 5.32 Å². The number of carbonyl (C=O) groups excluding carboxylic acids is 2. The highest BCUT2D eigenvalue weighted by molar-refractivity contribution is 5.90. The molecule has 1 amide bonds. The van der Waals surface area contributed by atoms with E-state index in [4.69, 9.17) is 13.9 Å². The van der Waals surface area contributed by atoms with Gasteiger partial charge in [0, 0.05) is 28.8 Å². The molecule has 4 aromatic rings. The van der Waals surface area contributed by atoms with E-state index in [9.17, 15) is 14.4 Å². The maximum absolute atomic E-state index is 12.4. The number of aromatic nitrogens is 3. The summed E-state index contributed by atoms with van der Waals surface area (Å²) in [7, 11) is 0. The number of amides is 1. The lowest BCUT2D eigenvalue weighted by Gasteiger charge is -2.09. The van der Waals surface area contributed by atoms with E-state index in [1.165, 1.54) is 23.0 Å². The van der Waals surface area contributed by atoms with Crippen molar-refractivity contribution >= 4 is 28.7 Å². The number of fused-ring (bicyclic) bond motifs is 1. The Labute approximate surface area is 187 Å². The largest absolute Gasteiger partial charge is 0.456 e. The maximum atomic E-state index is 12.4. The SMILES string of the molecule is CCOC(=O)Nc1ccc2c(COC(=O)c3cn(Cc4ccccc4)nn3)cc(=O)oc2c1. The Kier molecular flexibility index (Phi) is 6.44. The molecule has 2 aromatic heterocycles. The Morgan fingerprint density at radius 1 is 1.09 bits per heavy atom. The molecule has 0 radical (unpaired) electrons. The summed E-state index contributed by atoms with van der Waals surface area (Å²) in [5.41, 5.74) is 1.54. The van der Waals surface area contributed by atoms with Crippen LogP contribution in [0.4, 0.5) is 10.5 Å². The summed E-state index contributed by atoms with van der Waals surface area (Å²) in [6, 6.07) is 15.7. The van der Waals surface area contributed by atoms with Gasteiger partial charge in [0.05, 0.1) is 19.3 Å². The second kappa shape index (κ2) is 9.77. The average Bonchev–Trinajstić information content (AvgIpc) is 3.26. The van der Waals surface area contributed by atoms with Crippen LogP contribution in [0.15, 0.2) is 70.0 Å². The molecule has 0 aliphatic rings. The number of benzene rings is 2. The third kappa shape index (κ3) is 5.42. The molecule has 0 aliphatic carbocycles. The van der Waals surface area contributed by atoms with Gasteiger partial charge < -0.3 is 13.9 Å². The summed E-state index contributed by atoms with van der Waals surface area (Å²) < 4.78 is 16.9. The zero-order valence-electron chi connectivity index (χ0n) is 17.7. The highest BCUT2D eigenvalue weighted by Crippen LogP contribution is 2.22. The zero-order chi connectivity index (χ0) is 23.2. The minimum absolute atomic E-state index is 0.0547. The number of nitrogens with zero attached hydrogens (tertiary/aromatic N) is 3. The van der Waals surface area contributed by atoms with Gasteiger partial charge in [0.15, 0.2) is 5.69 Å². The molecule has 168 valence electrons. The lowest BCUT2D eigenvalue weighted by atomic mass is 10.1. The molecule has 0 saturated carbocycles. The molecule has 2 heterocycles. The van der Waals surface area contributed by atoms with Crippen LogP contribution in [0, 0.1) is 0 Å². The van der Waals surface area contributed by atoms with Crippen LogP contribution in [-0.4, -0.2) is 33.7 Å². The Morgan fingerprint density at radius 3 is 2.70 bits per heavy atom. The van der Waals surface area contributed by atoms with Crippen LogP contribution in [0.5, 0.6) is 0 Å². The predicted molar refractivity (Wildman–Crippen MR) is 118 cm³/mol. The molecule has 1 N–H and O–H groups in total. The van der Waals surface area contributed by atoms with Gasteiger partial charge in [0.2, 0.25) is 0 Å². The van der Waals surface area contributed by atoms with Crippen LogP contribution in [-0.2, 0) is 22.6 Å². The molecule has 0 saturated heterocycles. The van der Waals surface area contributed by atoms with Crippen LogP contribution < -0.4 is 10.9 Å². The Balaban J connectivity index is 1.46.